The van der Waals surface area contributed by atoms with Gasteiger partial charge in [-0.05, 0) is 45.1 Å². The zero-order valence-corrected chi connectivity index (χ0v) is 13.6. The summed E-state index contributed by atoms with van der Waals surface area (Å²) in [5, 5.41) is 10.2. The first-order valence-electron chi connectivity index (χ1n) is 6.63. The number of rotatable bonds is 6. The zero-order valence-electron chi connectivity index (χ0n) is 12.0. The van der Waals surface area contributed by atoms with Gasteiger partial charge in [0.15, 0.2) is 15.7 Å². The predicted molar refractivity (Wildman–Crippen MR) is 80.9 cm³/mol. The summed E-state index contributed by atoms with van der Waals surface area (Å²) >= 11 is 1.08. The van der Waals surface area contributed by atoms with Gasteiger partial charge in [-0.25, -0.2) is 8.42 Å². The van der Waals surface area contributed by atoms with Crippen LogP contribution in [0.4, 0.5) is 10.8 Å². The van der Waals surface area contributed by atoms with Crippen molar-refractivity contribution >= 4 is 32.2 Å². The summed E-state index contributed by atoms with van der Waals surface area (Å²) < 4.78 is 29.0. The Kier molecular flexibility index (Phi) is 4.01. The van der Waals surface area contributed by atoms with Gasteiger partial charge in [0.1, 0.15) is 9.90 Å². The molecule has 1 aromatic heterocycles. The van der Waals surface area contributed by atoms with E-state index in [4.69, 9.17) is 5.73 Å². The SMILES string of the molecule is CCN(CC(C)(C)O)c1snc(N)c1S(=O)(=O)C1CC1. The Hall–Kier alpha value is -0.860. The number of nitrogens with zero attached hydrogens (tertiary/aromatic N) is 2. The highest BCUT2D eigenvalue weighted by Crippen LogP contribution is 2.42. The maximum atomic E-state index is 12.5. The molecule has 0 atom stereocenters. The number of aliphatic hydroxyl groups is 1. The normalized spacial score (nSPS) is 16.4. The van der Waals surface area contributed by atoms with Crippen molar-refractivity contribution < 1.29 is 13.5 Å². The first kappa shape index (κ1) is 15.5. The van der Waals surface area contributed by atoms with Gasteiger partial charge in [0.25, 0.3) is 0 Å². The highest BCUT2D eigenvalue weighted by Gasteiger charge is 2.41. The molecule has 1 aromatic rings. The largest absolute Gasteiger partial charge is 0.389 e. The van der Waals surface area contributed by atoms with E-state index in [0.29, 0.717) is 30.9 Å². The van der Waals surface area contributed by atoms with E-state index in [1.807, 2.05) is 11.8 Å². The molecule has 0 aliphatic heterocycles. The molecule has 0 unspecified atom stereocenters. The van der Waals surface area contributed by atoms with E-state index in [-0.39, 0.29) is 16.0 Å². The molecular formula is C12H21N3O3S2. The van der Waals surface area contributed by atoms with Crippen LogP contribution >= 0.6 is 11.5 Å². The Labute approximate surface area is 123 Å². The number of hydrogen-bond acceptors (Lipinski definition) is 7. The molecule has 1 heterocycles. The van der Waals surface area contributed by atoms with Gasteiger partial charge in [0.2, 0.25) is 0 Å². The smallest absolute Gasteiger partial charge is 0.187 e. The lowest BCUT2D eigenvalue weighted by atomic mass is 10.1. The van der Waals surface area contributed by atoms with Crippen molar-refractivity contribution in [3.63, 3.8) is 0 Å². The van der Waals surface area contributed by atoms with Crippen LogP contribution in [-0.2, 0) is 9.84 Å². The van der Waals surface area contributed by atoms with Crippen molar-refractivity contribution in [2.45, 2.75) is 49.4 Å². The van der Waals surface area contributed by atoms with E-state index in [9.17, 15) is 13.5 Å². The Bertz CT molecular complexity index is 586. The average molecular weight is 319 g/mol. The van der Waals surface area contributed by atoms with Gasteiger partial charge in [-0.2, -0.15) is 4.37 Å². The van der Waals surface area contributed by atoms with Crippen LogP contribution in [0, 0.1) is 0 Å². The van der Waals surface area contributed by atoms with Crippen molar-refractivity contribution in [1.29, 1.82) is 0 Å². The van der Waals surface area contributed by atoms with E-state index in [0.717, 1.165) is 11.5 Å². The summed E-state index contributed by atoms with van der Waals surface area (Å²) in [5.74, 6) is 0.0751. The maximum Gasteiger partial charge on any atom is 0.187 e. The molecule has 1 aliphatic rings. The van der Waals surface area contributed by atoms with E-state index in [1.165, 1.54) is 0 Å². The van der Waals surface area contributed by atoms with Gasteiger partial charge in [0, 0.05) is 13.1 Å². The Morgan fingerprint density at radius 2 is 2.10 bits per heavy atom. The Balaban J connectivity index is 2.42. The molecule has 0 bridgehead atoms. The minimum absolute atomic E-state index is 0.0751. The van der Waals surface area contributed by atoms with E-state index in [2.05, 4.69) is 4.37 Å². The first-order chi connectivity index (χ1) is 9.16. The van der Waals surface area contributed by atoms with Crippen LogP contribution in [0.5, 0.6) is 0 Å². The summed E-state index contributed by atoms with van der Waals surface area (Å²) in [6.45, 7) is 6.20. The fraction of sp³-hybridized carbons (Fsp3) is 0.750. The van der Waals surface area contributed by atoms with Gasteiger partial charge < -0.3 is 15.7 Å². The van der Waals surface area contributed by atoms with Crippen molar-refractivity contribution in [2.24, 2.45) is 0 Å². The number of aromatic nitrogens is 1. The molecule has 8 heteroatoms. The third-order valence-corrected chi connectivity index (χ3v) is 6.52. The highest BCUT2D eigenvalue weighted by atomic mass is 32.2. The number of hydrogen-bond donors (Lipinski definition) is 2. The number of likely N-dealkylation sites (N-methyl/N-ethyl adjacent to an activating group) is 1. The monoisotopic (exact) mass is 319 g/mol. The number of nitrogen functional groups attached to an aromatic ring is 1. The van der Waals surface area contributed by atoms with Crippen LogP contribution in [0.25, 0.3) is 0 Å². The van der Waals surface area contributed by atoms with Crippen molar-refractivity contribution in [2.75, 3.05) is 23.7 Å². The summed E-state index contributed by atoms with van der Waals surface area (Å²) in [6, 6.07) is 0. The average Bonchev–Trinajstić information content (AvgIpc) is 3.09. The van der Waals surface area contributed by atoms with Crippen LogP contribution in [0.15, 0.2) is 4.90 Å². The number of anilines is 2. The lowest BCUT2D eigenvalue weighted by Gasteiger charge is -2.29. The molecule has 114 valence electrons. The summed E-state index contributed by atoms with van der Waals surface area (Å²) in [6.07, 6.45) is 1.38. The Morgan fingerprint density at radius 3 is 2.55 bits per heavy atom. The van der Waals surface area contributed by atoms with Crippen molar-refractivity contribution in [1.82, 2.24) is 4.37 Å². The maximum absolute atomic E-state index is 12.5. The molecule has 6 nitrogen and oxygen atoms in total. The van der Waals surface area contributed by atoms with Gasteiger partial charge in [-0.3, -0.25) is 0 Å². The lowest BCUT2D eigenvalue weighted by Crippen LogP contribution is -2.38. The minimum atomic E-state index is -3.39. The van der Waals surface area contributed by atoms with Crippen molar-refractivity contribution in [3.8, 4) is 0 Å². The lowest BCUT2D eigenvalue weighted by molar-refractivity contribution is 0.0876. The van der Waals surface area contributed by atoms with E-state index < -0.39 is 15.4 Å². The molecule has 2 rings (SSSR count). The zero-order chi connectivity index (χ0) is 15.1. The molecule has 1 aliphatic carbocycles. The molecule has 0 aromatic carbocycles. The summed E-state index contributed by atoms with van der Waals surface area (Å²) in [5.41, 5.74) is 4.86. The van der Waals surface area contributed by atoms with Gasteiger partial charge in [-0.1, -0.05) is 0 Å². The van der Waals surface area contributed by atoms with Gasteiger partial charge in [0.05, 0.1) is 10.9 Å². The Morgan fingerprint density at radius 1 is 1.50 bits per heavy atom. The molecule has 20 heavy (non-hydrogen) atoms. The molecule has 1 saturated carbocycles. The van der Waals surface area contributed by atoms with E-state index in [1.54, 1.807) is 13.8 Å². The van der Waals surface area contributed by atoms with Crippen LogP contribution in [0.3, 0.4) is 0 Å². The molecule has 0 saturated heterocycles. The molecule has 0 radical (unpaired) electrons. The fourth-order valence-corrected chi connectivity index (χ4v) is 5.18. The van der Waals surface area contributed by atoms with Gasteiger partial charge in [-0.15, -0.1) is 0 Å². The van der Waals surface area contributed by atoms with Crippen LogP contribution in [0.1, 0.15) is 33.6 Å². The first-order valence-corrected chi connectivity index (χ1v) is 8.95. The number of sulfone groups is 1. The quantitative estimate of drug-likeness (QED) is 0.819. The second kappa shape index (κ2) is 5.16. The van der Waals surface area contributed by atoms with E-state index >= 15 is 0 Å². The summed E-state index contributed by atoms with van der Waals surface area (Å²) in [7, 11) is -3.39. The van der Waals surface area contributed by atoms with Gasteiger partial charge >= 0.3 is 0 Å². The van der Waals surface area contributed by atoms with Crippen LogP contribution < -0.4 is 10.6 Å². The highest BCUT2D eigenvalue weighted by molar-refractivity contribution is 7.92. The summed E-state index contributed by atoms with van der Waals surface area (Å²) in [4.78, 5) is 1.97. The molecule has 3 N–H and O–H groups in total. The third-order valence-electron chi connectivity index (χ3n) is 3.15. The predicted octanol–water partition coefficient (Wildman–Crippen LogP) is 1.26. The third kappa shape index (κ3) is 3.07. The minimum Gasteiger partial charge on any atom is -0.389 e. The second-order valence-corrected chi connectivity index (χ2v) is 8.69. The topological polar surface area (TPSA) is 96.5 Å². The molecule has 0 amide bonds. The molecule has 1 fully saturated rings. The second-order valence-electron chi connectivity index (χ2n) is 5.77. The number of nitrogens with two attached hydrogens (primary N) is 1. The molecular weight excluding hydrogens is 298 g/mol. The van der Waals surface area contributed by atoms with Crippen molar-refractivity contribution in [3.05, 3.63) is 0 Å². The standard InChI is InChI=1S/C12H21N3O3S2/c1-4-15(7-12(2,3)16)11-9(10(13)14-19-11)20(17,18)8-5-6-8/h8,16H,4-7H2,1-3H3,(H2,13,14). The molecule has 0 spiro atoms. The fourth-order valence-electron chi connectivity index (χ4n) is 2.09. The van der Waals surface area contributed by atoms with Crippen LogP contribution in [0.2, 0.25) is 0 Å². The van der Waals surface area contributed by atoms with Crippen LogP contribution in [-0.4, -0.2) is 41.8 Å².